The topological polar surface area (TPSA) is 49.3 Å². The molecule has 4 heteroatoms. The summed E-state index contributed by atoms with van der Waals surface area (Å²) < 4.78 is 2.93. The van der Waals surface area contributed by atoms with Crippen molar-refractivity contribution in [1.29, 1.82) is 0 Å². The Morgan fingerprint density at radius 3 is 2.67 bits per heavy atom. The molecular formula is C11H15NO2S. The number of rotatable bonds is 6. The highest BCUT2D eigenvalue weighted by Crippen LogP contribution is 2.06. The number of hydrogen-bond acceptors (Lipinski definition) is 3. The van der Waals surface area contributed by atoms with Gasteiger partial charge in [-0.05, 0) is 12.0 Å². The Hall–Kier alpha value is -1.00. The molecule has 0 amide bonds. The Morgan fingerprint density at radius 1 is 1.47 bits per heavy atom. The van der Waals surface area contributed by atoms with E-state index in [9.17, 15) is 4.79 Å². The third-order valence-electron chi connectivity index (χ3n) is 1.95. The predicted molar refractivity (Wildman–Crippen MR) is 62.8 cm³/mol. The SMILES string of the molecule is CCSNC(Cc1ccccc1)C(=O)O. The lowest BCUT2D eigenvalue weighted by Crippen LogP contribution is -2.34. The quantitative estimate of drug-likeness (QED) is 0.726. The lowest BCUT2D eigenvalue weighted by molar-refractivity contribution is -0.138. The zero-order valence-electron chi connectivity index (χ0n) is 8.64. The van der Waals surface area contributed by atoms with Crippen LogP contribution >= 0.6 is 11.9 Å². The van der Waals surface area contributed by atoms with E-state index in [1.807, 2.05) is 37.3 Å². The Morgan fingerprint density at radius 2 is 2.13 bits per heavy atom. The molecular weight excluding hydrogens is 210 g/mol. The number of aliphatic carboxylic acids is 1. The molecule has 0 spiro atoms. The van der Waals surface area contributed by atoms with E-state index >= 15 is 0 Å². The van der Waals surface area contributed by atoms with Crippen molar-refractivity contribution in [1.82, 2.24) is 4.72 Å². The molecule has 0 aliphatic heterocycles. The van der Waals surface area contributed by atoms with Gasteiger partial charge in [-0.2, -0.15) is 0 Å². The lowest BCUT2D eigenvalue weighted by atomic mass is 10.1. The van der Waals surface area contributed by atoms with Gasteiger partial charge in [0.05, 0.1) is 0 Å². The van der Waals surface area contributed by atoms with Gasteiger partial charge in [0.2, 0.25) is 0 Å². The van der Waals surface area contributed by atoms with Crippen molar-refractivity contribution in [2.75, 3.05) is 5.75 Å². The van der Waals surface area contributed by atoms with Gasteiger partial charge in [-0.25, -0.2) is 4.72 Å². The van der Waals surface area contributed by atoms with E-state index in [-0.39, 0.29) is 0 Å². The molecule has 0 bridgehead atoms. The van der Waals surface area contributed by atoms with Crippen LogP contribution in [0.4, 0.5) is 0 Å². The van der Waals surface area contributed by atoms with Crippen LogP contribution in [0.1, 0.15) is 12.5 Å². The maximum Gasteiger partial charge on any atom is 0.321 e. The predicted octanol–water partition coefficient (Wildman–Crippen LogP) is 1.94. The van der Waals surface area contributed by atoms with Crippen LogP contribution in [0, 0.1) is 0 Å². The molecule has 0 radical (unpaired) electrons. The third kappa shape index (κ3) is 4.36. The summed E-state index contributed by atoms with van der Waals surface area (Å²) in [7, 11) is 0. The van der Waals surface area contributed by atoms with E-state index in [0.717, 1.165) is 11.3 Å². The fourth-order valence-electron chi connectivity index (χ4n) is 1.21. The molecule has 2 N–H and O–H groups in total. The second-order valence-electron chi connectivity index (χ2n) is 3.13. The monoisotopic (exact) mass is 225 g/mol. The fraction of sp³-hybridized carbons (Fsp3) is 0.364. The summed E-state index contributed by atoms with van der Waals surface area (Å²) in [5.74, 6) is 0.0540. The highest BCUT2D eigenvalue weighted by Gasteiger charge is 2.16. The maximum atomic E-state index is 10.9. The first-order valence-corrected chi connectivity index (χ1v) is 5.86. The van der Waals surface area contributed by atoms with Gasteiger partial charge in [-0.15, -0.1) is 0 Å². The van der Waals surface area contributed by atoms with E-state index in [1.165, 1.54) is 11.9 Å². The minimum absolute atomic E-state index is 0.516. The summed E-state index contributed by atoms with van der Waals surface area (Å²) in [5.41, 5.74) is 1.04. The van der Waals surface area contributed by atoms with Gasteiger partial charge in [0.15, 0.2) is 0 Å². The summed E-state index contributed by atoms with van der Waals surface area (Å²) in [5, 5.41) is 8.99. The Bertz CT molecular complexity index is 303. The molecule has 0 heterocycles. The van der Waals surface area contributed by atoms with Crippen molar-refractivity contribution in [3.63, 3.8) is 0 Å². The zero-order chi connectivity index (χ0) is 11.1. The summed E-state index contributed by atoms with van der Waals surface area (Å²) in [4.78, 5) is 10.9. The average molecular weight is 225 g/mol. The average Bonchev–Trinajstić information content (AvgIpc) is 2.25. The summed E-state index contributed by atoms with van der Waals surface area (Å²) in [6.07, 6.45) is 0.517. The maximum absolute atomic E-state index is 10.9. The van der Waals surface area contributed by atoms with Gasteiger partial charge < -0.3 is 5.11 Å². The molecule has 0 saturated carbocycles. The second-order valence-corrected chi connectivity index (χ2v) is 4.23. The Labute approximate surface area is 94.0 Å². The van der Waals surface area contributed by atoms with Crippen LogP contribution in [0.5, 0.6) is 0 Å². The molecule has 1 aromatic carbocycles. The lowest BCUT2D eigenvalue weighted by Gasteiger charge is -2.12. The van der Waals surface area contributed by atoms with Crippen LogP contribution in [0.2, 0.25) is 0 Å². The van der Waals surface area contributed by atoms with E-state index in [4.69, 9.17) is 5.11 Å². The molecule has 0 aromatic heterocycles. The van der Waals surface area contributed by atoms with Gasteiger partial charge in [-0.1, -0.05) is 49.2 Å². The summed E-state index contributed by atoms with van der Waals surface area (Å²) in [6.45, 7) is 1.99. The second kappa shape index (κ2) is 6.48. The molecule has 1 rings (SSSR count). The number of benzene rings is 1. The number of carboxylic acid groups (broad SMARTS) is 1. The van der Waals surface area contributed by atoms with Gasteiger partial charge >= 0.3 is 5.97 Å². The molecule has 1 aromatic rings. The standard InChI is InChI=1S/C11H15NO2S/c1-2-15-12-10(11(13)14)8-9-6-4-3-5-7-9/h3-7,10,12H,2,8H2,1H3,(H,13,14). The number of nitrogens with one attached hydrogen (secondary N) is 1. The first-order chi connectivity index (χ1) is 7.24. The van der Waals surface area contributed by atoms with Crippen LogP contribution < -0.4 is 4.72 Å². The van der Waals surface area contributed by atoms with Crippen molar-refractivity contribution in [2.45, 2.75) is 19.4 Å². The van der Waals surface area contributed by atoms with Crippen molar-refractivity contribution in [3.8, 4) is 0 Å². The number of hydrogen-bond donors (Lipinski definition) is 2. The van der Waals surface area contributed by atoms with E-state index in [2.05, 4.69) is 4.72 Å². The van der Waals surface area contributed by atoms with Gasteiger partial charge in [0, 0.05) is 5.75 Å². The molecule has 82 valence electrons. The van der Waals surface area contributed by atoms with E-state index < -0.39 is 12.0 Å². The van der Waals surface area contributed by atoms with Crippen molar-refractivity contribution in [2.24, 2.45) is 0 Å². The highest BCUT2D eigenvalue weighted by molar-refractivity contribution is 7.97. The molecule has 15 heavy (non-hydrogen) atoms. The van der Waals surface area contributed by atoms with Crippen LogP contribution in [-0.4, -0.2) is 22.9 Å². The molecule has 1 atom stereocenters. The smallest absolute Gasteiger partial charge is 0.321 e. The number of carbonyl (C=O) groups is 1. The largest absolute Gasteiger partial charge is 0.480 e. The van der Waals surface area contributed by atoms with Gasteiger partial charge in [0.25, 0.3) is 0 Å². The normalized spacial score (nSPS) is 12.3. The third-order valence-corrected chi connectivity index (χ3v) is 2.69. The van der Waals surface area contributed by atoms with Crippen molar-refractivity contribution in [3.05, 3.63) is 35.9 Å². The molecule has 3 nitrogen and oxygen atoms in total. The zero-order valence-corrected chi connectivity index (χ0v) is 9.46. The highest BCUT2D eigenvalue weighted by atomic mass is 32.2. The molecule has 0 fully saturated rings. The van der Waals surface area contributed by atoms with Gasteiger partial charge in [0.1, 0.15) is 6.04 Å². The molecule has 0 aliphatic rings. The van der Waals surface area contributed by atoms with Crippen molar-refractivity contribution >= 4 is 17.9 Å². The minimum atomic E-state index is -0.806. The van der Waals surface area contributed by atoms with Crippen LogP contribution in [-0.2, 0) is 11.2 Å². The first-order valence-electron chi connectivity index (χ1n) is 4.88. The number of carboxylic acids is 1. The van der Waals surface area contributed by atoms with Crippen molar-refractivity contribution < 1.29 is 9.90 Å². The summed E-state index contributed by atoms with van der Waals surface area (Å²) in [6, 6.07) is 9.12. The van der Waals surface area contributed by atoms with Crippen LogP contribution in [0.25, 0.3) is 0 Å². The molecule has 1 unspecified atom stereocenters. The fourth-order valence-corrected chi connectivity index (χ4v) is 1.77. The van der Waals surface area contributed by atoms with Crippen LogP contribution in [0.15, 0.2) is 30.3 Å². The Balaban J connectivity index is 2.55. The Kier molecular flexibility index (Phi) is 5.21. The minimum Gasteiger partial charge on any atom is -0.480 e. The van der Waals surface area contributed by atoms with Gasteiger partial charge in [-0.3, -0.25) is 4.79 Å². The van der Waals surface area contributed by atoms with Crippen LogP contribution in [0.3, 0.4) is 0 Å². The molecule has 0 aliphatic carbocycles. The first kappa shape index (κ1) is 12.1. The van der Waals surface area contributed by atoms with E-state index in [1.54, 1.807) is 0 Å². The summed E-state index contributed by atoms with van der Waals surface area (Å²) >= 11 is 1.43. The van der Waals surface area contributed by atoms with E-state index in [0.29, 0.717) is 6.42 Å². The molecule has 0 saturated heterocycles.